The molecule has 0 aliphatic rings. The molecule has 1 aromatic heterocycles. The number of rotatable bonds is 6. The summed E-state index contributed by atoms with van der Waals surface area (Å²) in [4.78, 5) is 10.8. The number of hydrogen-bond donors (Lipinski definition) is 3. The average molecular weight is 274 g/mol. The lowest BCUT2D eigenvalue weighted by Gasteiger charge is -2.13. The number of anilines is 1. The van der Waals surface area contributed by atoms with Crippen LogP contribution in [-0.4, -0.2) is 26.8 Å². The van der Waals surface area contributed by atoms with Crippen LogP contribution in [0.5, 0.6) is 5.75 Å². The van der Waals surface area contributed by atoms with Crippen LogP contribution >= 0.6 is 0 Å². The molecule has 1 unspecified atom stereocenters. The SMILES string of the molecule is CC(Cc1ccc(O)cc1)Nc1cnn(CC(N)=O)c1. The molecule has 1 amide bonds. The normalized spacial score (nSPS) is 12.1. The largest absolute Gasteiger partial charge is 0.508 e. The van der Waals surface area contributed by atoms with Crippen molar-refractivity contribution in [2.24, 2.45) is 5.73 Å². The number of carbonyl (C=O) groups is 1. The van der Waals surface area contributed by atoms with E-state index in [2.05, 4.69) is 17.3 Å². The van der Waals surface area contributed by atoms with Gasteiger partial charge >= 0.3 is 0 Å². The maximum Gasteiger partial charge on any atom is 0.239 e. The summed E-state index contributed by atoms with van der Waals surface area (Å²) in [5.41, 5.74) is 7.09. The molecule has 4 N–H and O–H groups in total. The third kappa shape index (κ3) is 4.01. The second-order valence-corrected chi connectivity index (χ2v) is 4.81. The molecule has 6 heteroatoms. The standard InChI is InChI=1S/C14H18N4O2/c1-10(6-11-2-4-13(19)5-3-11)17-12-7-16-18(8-12)9-14(15)20/h2-5,7-8,10,17,19H,6,9H2,1H3,(H2,15,20). The molecule has 2 rings (SSSR count). The van der Waals surface area contributed by atoms with Gasteiger partial charge in [-0.1, -0.05) is 12.1 Å². The van der Waals surface area contributed by atoms with Gasteiger partial charge in [-0.2, -0.15) is 5.10 Å². The van der Waals surface area contributed by atoms with Crippen molar-refractivity contribution in [1.29, 1.82) is 0 Å². The van der Waals surface area contributed by atoms with Crippen molar-refractivity contribution < 1.29 is 9.90 Å². The van der Waals surface area contributed by atoms with E-state index in [9.17, 15) is 9.90 Å². The molecule has 0 aliphatic heterocycles. The van der Waals surface area contributed by atoms with Gasteiger partial charge in [0.1, 0.15) is 12.3 Å². The number of benzene rings is 1. The van der Waals surface area contributed by atoms with E-state index < -0.39 is 5.91 Å². The van der Waals surface area contributed by atoms with Gasteiger partial charge < -0.3 is 16.2 Å². The first-order valence-corrected chi connectivity index (χ1v) is 6.38. The van der Waals surface area contributed by atoms with E-state index in [1.807, 2.05) is 12.1 Å². The Kier molecular flexibility index (Phi) is 4.24. The lowest BCUT2D eigenvalue weighted by molar-refractivity contribution is -0.118. The molecule has 0 bridgehead atoms. The van der Waals surface area contributed by atoms with E-state index >= 15 is 0 Å². The summed E-state index contributed by atoms with van der Waals surface area (Å²) in [6.45, 7) is 2.13. The summed E-state index contributed by atoms with van der Waals surface area (Å²) < 4.78 is 1.50. The lowest BCUT2D eigenvalue weighted by Crippen LogP contribution is -2.19. The highest BCUT2D eigenvalue weighted by Gasteiger charge is 2.06. The quantitative estimate of drug-likeness (QED) is 0.735. The van der Waals surface area contributed by atoms with Gasteiger partial charge in [0.2, 0.25) is 5.91 Å². The second kappa shape index (κ2) is 6.10. The third-order valence-electron chi connectivity index (χ3n) is 2.84. The van der Waals surface area contributed by atoms with E-state index in [-0.39, 0.29) is 18.3 Å². The van der Waals surface area contributed by atoms with Crippen LogP contribution in [0.2, 0.25) is 0 Å². The Balaban J connectivity index is 1.90. The number of hydrogen-bond acceptors (Lipinski definition) is 4. The molecule has 0 radical (unpaired) electrons. The summed E-state index contributed by atoms with van der Waals surface area (Å²) in [5.74, 6) is -0.154. The fraction of sp³-hybridized carbons (Fsp3) is 0.286. The van der Waals surface area contributed by atoms with E-state index in [0.29, 0.717) is 0 Å². The summed E-state index contributed by atoms with van der Waals surface area (Å²) in [6, 6.07) is 7.33. The van der Waals surface area contributed by atoms with Crippen LogP contribution in [0.4, 0.5) is 5.69 Å². The Morgan fingerprint density at radius 2 is 2.15 bits per heavy atom. The first kappa shape index (κ1) is 13.9. The van der Waals surface area contributed by atoms with E-state index in [0.717, 1.165) is 17.7 Å². The topological polar surface area (TPSA) is 93.2 Å². The molecular formula is C14H18N4O2. The highest BCUT2D eigenvalue weighted by molar-refractivity contribution is 5.73. The van der Waals surface area contributed by atoms with Crippen molar-refractivity contribution in [3.8, 4) is 5.75 Å². The molecule has 0 spiro atoms. The molecule has 0 fully saturated rings. The van der Waals surface area contributed by atoms with Crippen molar-refractivity contribution in [3.63, 3.8) is 0 Å². The minimum Gasteiger partial charge on any atom is -0.508 e. The molecule has 2 aromatic rings. The van der Waals surface area contributed by atoms with Gasteiger partial charge in [0.25, 0.3) is 0 Å². The van der Waals surface area contributed by atoms with Crippen LogP contribution in [0.25, 0.3) is 0 Å². The Morgan fingerprint density at radius 3 is 2.80 bits per heavy atom. The zero-order chi connectivity index (χ0) is 14.5. The number of aromatic nitrogens is 2. The van der Waals surface area contributed by atoms with Crippen molar-refractivity contribution in [2.45, 2.75) is 25.9 Å². The number of amides is 1. The van der Waals surface area contributed by atoms with Gasteiger partial charge in [0.05, 0.1) is 11.9 Å². The van der Waals surface area contributed by atoms with E-state index in [4.69, 9.17) is 5.73 Å². The average Bonchev–Trinajstić information content (AvgIpc) is 2.78. The number of phenols is 1. The Morgan fingerprint density at radius 1 is 1.45 bits per heavy atom. The predicted molar refractivity (Wildman–Crippen MR) is 76.3 cm³/mol. The number of nitrogens with two attached hydrogens (primary N) is 1. The molecular weight excluding hydrogens is 256 g/mol. The minimum atomic E-state index is -0.420. The van der Waals surface area contributed by atoms with Gasteiger partial charge in [0.15, 0.2) is 0 Å². The number of aromatic hydroxyl groups is 1. The molecule has 106 valence electrons. The Bertz CT molecular complexity index is 577. The summed E-state index contributed by atoms with van der Waals surface area (Å²) >= 11 is 0. The number of nitrogens with zero attached hydrogens (tertiary/aromatic N) is 2. The predicted octanol–water partition coefficient (Wildman–Crippen LogP) is 1.12. The van der Waals surface area contributed by atoms with E-state index in [1.54, 1.807) is 24.5 Å². The summed E-state index contributed by atoms with van der Waals surface area (Å²) in [5, 5.41) is 16.6. The van der Waals surface area contributed by atoms with Gasteiger partial charge in [-0.15, -0.1) is 0 Å². The third-order valence-corrected chi connectivity index (χ3v) is 2.84. The molecule has 20 heavy (non-hydrogen) atoms. The Labute approximate surface area is 117 Å². The van der Waals surface area contributed by atoms with Crippen LogP contribution < -0.4 is 11.1 Å². The fourth-order valence-corrected chi connectivity index (χ4v) is 2.01. The second-order valence-electron chi connectivity index (χ2n) is 4.81. The molecule has 1 heterocycles. The monoisotopic (exact) mass is 274 g/mol. The summed E-state index contributed by atoms with van der Waals surface area (Å²) in [6.07, 6.45) is 4.23. The Hall–Kier alpha value is -2.50. The number of primary amides is 1. The van der Waals surface area contributed by atoms with Gasteiger partial charge in [-0.25, -0.2) is 0 Å². The smallest absolute Gasteiger partial charge is 0.239 e. The van der Waals surface area contributed by atoms with Crippen LogP contribution in [-0.2, 0) is 17.8 Å². The number of phenolic OH excluding ortho intramolecular Hbond substituents is 1. The van der Waals surface area contributed by atoms with Gasteiger partial charge in [-0.3, -0.25) is 9.48 Å². The van der Waals surface area contributed by atoms with Gasteiger partial charge in [-0.05, 0) is 31.0 Å². The minimum absolute atomic E-state index is 0.0774. The molecule has 6 nitrogen and oxygen atoms in total. The first-order chi connectivity index (χ1) is 9.52. The van der Waals surface area contributed by atoms with Crippen LogP contribution in [0.15, 0.2) is 36.7 Å². The fourth-order valence-electron chi connectivity index (χ4n) is 2.01. The van der Waals surface area contributed by atoms with Crippen molar-refractivity contribution in [2.75, 3.05) is 5.32 Å². The van der Waals surface area contributed by atoms with Crippen LogP contribution in [0.1, 0.15) is 12.5 Å². The zero-order valence-electron chi connectivity index (χ0n) is 11.3. The van der Waals surface area contributed by atoms with Crippen LogP contribution in [0, 0.1) is 0 Å². The van der Waals surface area contributed by atoms with Crippen molar-refractivity contribution >= 4 is 11.6 Å². The van der Waals surface area contributed by atoms with Crippen LogP contribution in [0.3, 0.4) is 0 Å². The number of nitrogens with one attached hydrogen (secondary N) is 1. The molecule has 1 aromatic carbocycles. The highest BCUT2D eigenvalue weighted by atomic mass is 16.3. The molecule has 0 aliphatic carbocycles. The lowest BCUT2D eigenvalue weighted by atomic mass is 10.1. The maximum atomic E-state index is 10.8. The number of carbonyl (C=O) groups excluding carboxylic acids is 1. The summed E-state index contributed by atoms with van der Waals surface area (Å²) in [7, 11) is 0. The van der Waals surface area contributed by atoms with Crippen molar-refractivity contribution in [3.05, 3.63) is 42.2 Å². The molecule has 0 saturated carbocycles. The highest BCUT2D eigenvalue weighted by Crippen LogP contribution is 2.13. The zero-order valence-corrected chi connectivity index (χ0v) is 11.3. The van der Waals surface area contributed by atoms with Crippen molar-refractivity contribution in [1.82, 2.24) is 9.78 Å². The molecule has 0 saturated heterocycles. The van der Waals surface area contributed by atoms with E-state index in [1.165, 1.54) is 4.68 Å². The first-order valence-electron chi connectivity index (χ1n) is 6.38. The van der Waals surface area contributed by atoms with Gasteiger partial charge in [0, 0.05) is 12.2 Å². The maximum absolute atomic E-state index is 10.8. The molecule has 1 atom stereocenters.